The Labute approximate surface area is 79.2 Å². The van der Waals surface area contributed by atoms with Gasteiger partial charge in [-0.2, -0.15) is 0 Å². The van der Waals surface area contributed by atoms with Crippen molar-refractivity contribution >= 4 is 6.71 Å². The fraction of sp³-hybridized carbons (Fsp3) is 1.00. The van der Waals surface area contributed by atoms with Crippen LogP contribution in [0.5, 0.6) is 0 Å². The van der Waals surface area contributed by atoms with Gasteiger partial charge in [0, 0.05) is 0 Å². The maximum Gasteiger partial charge on any atom is 0.142 e. The zero-order valence-corrected chi connectivity index (χ0v) is 9.40. The van der Waals surface area contributed by atoms with E-state index in [-0.39, 0.29) is 0 Å². The predicted molar refractivity (Wildman–Crippen MR) is 60.3 cm³/mol. The lowest BCUT2D eigenvalue weighted by Crippen LogP contribution is -2.15. The summed E-state index contributed by atoms with van der Waals surface area (Å²) < 4.78 is 0. The molecule has 0 spiro atoms. The van der Waals surface area contributed by atoms with Gasteiger partial charge in [-0.25, -0.2) is 0 Å². The molecule has 0 rings (SSSR count). The highest BCUT2D eigenvalue weighted by molar-refractivity contribution is 6.60. The summed E-state index contributed by atoms with van der Waals surface area (Å²) in [5.41, 5.74) is 0. The number of rotatable bonds is 7. The van der Waals surface area contributed by atoms with Gasteiger partial charge in [0.25, 0.3) is 0 Å². The molecule has 0 atom stereocenters. The minimum atomic E-state index is 0.892. The van der Waals surface area contributed by atoms with Gasteiger partial charge in [0.2, 0.25) is 0 Å². The van der Waals surface area contributed by atoms with Crippen LogP contribution in [-0.4, -0.2) is 6.71 Å². The van der Waals surface area contributed by atoms with Crippen LogP contribution in [0.15, 0.2) is 0 Å². The Morgan fingerprint density at radius 1 is 0.917 bits per heavy atom. The zero-order valence-electron chi connectivity index (χ0n) is 9.40. The van der Waals surface area contributed by atoms with E-state index in [2.05, 4.69) is 27.7 Å². The summed E-state index contributed by atoms with van der Waals surface area (Å²) >= 11 is 0. The molecule has 0 aliphatic heterocycles. The van der Waals surface area contributed by atoms with Gasteiger partial charge in [-0.05, 0) is 0 Å². The molecule has 0 N–H and O–H groups in total. The Morgan fingerprint density at radius 3 is 1.58 bits per heavy atom. The molecule has 0 aromatic rings. The molecule has 0 nitrogen and oxygen atoms in total. The van der Waals surface area contributed by atoms with Crippen molar-refractivity contribution in [1.29, 1.82) is 0 Å². The van der Waals surface area contributed by atoms with Gasteiger partial charge in [-0.3, -0.25) is 0 Å². The van der Waals surface area contributed by atoms with Gasteiger partial charge in [0.1, 0.15) is 6.71 Å². The molecular weight excluding hydrogens is 143 g/mol. The number of unbranched alkanes of at least 4 members (excludes halogenated alkanes) is 2. The van der Waals surface area contributed by atoms with Crippen molar-refractivity contribution in [3.63, 3.8) is 0 Å². The summed E-state index contributed by atoms with van der Waals surface area (Å²) in [6.07, 6.45) is 8.46. The molecule has 0 saturated carbocycles. The predicted octanol–water partition coefficient (Wildman–Crippen LogP) is 4.49. The molecule has 0 heterocycles. The maximum atomic E-state index is 2.37. The Bertz CT molecular complexity index is 81.0. The average Bonchev–Trinajstić information content (AvgIpc) is 2.04. The second kappa shape index (κ2) is 7.70. The smallest absolute Gasteiger partial charge is 0.0740 e. The lowest BCUT2D eigenvalue weighted by molar-refractivity contribution is 0.819. The zero-order chi connectivity index (χ0) is 9.40. The highest BCUT2D eigenvalue weighted by Crippen LogP contribution is 2.20. The maximum absolute atomic E-state index is 2.37. The van der Waals surface area contributed by atoms with Gasteiger partial charge in [-0.15, -0.1) is 0 Å². The number of hydrogen-bond donors (Lipinski definition) is 0. The first kappa shape index (κ1) is 12.1. The molecule has 0 unspecified atom stereocenters. The third-order valence-corrected chi connectivity index (χ3v) is 2.80. The molecule has 0 aromatic heterocycles. The molecule has 1 heteroatoms. The summed E-state index contributed by atoms with van der Waals surface area (Å²) in [4.78, 5) is 0. The molecule has 0 aromatic carbocycles. The third kappa shape index (κ3) is 5.68. The molecule has 0 aliphatic carbocycles. The minimum absolute atomic E-state index is 0.892. The fourth-order valence-corrected chi connectivity index (χ4v) is 1.74. The van der Waals surface area contributed by atoms with Gasteiger partial charge in [0.15, 0.2) is 0 Å². The topological polar surface area (TPSA) is 0 Å². The van der Waals surface area contributed by atoms with Crippen LogP contribution in [0.2, 0.25) is 18.5 Å². The first-order valence-electron chi connectivity index (χ1n) is 5.72. The van der Waals surface area contributed by atoms with Crippen molar-refractivity contribution in [2.24, 2.45) is 0 Å². The molecule has 0 aliphatic rings. The van der Waals surface area contributed by atoms with Crippen LogP contribution in [0.4, 0.5) is 0 Å². The van der Waals surface area contributed by atoms with E-state index >= 15 is 0 Å². The van der Waals surface area contributed by atoms with Crippen molar-refractivity contribution in [1.82, 2.24) is 0 Å². The van der Waals surface area contributed by atoms with Crippen molar-refractivity contribution in [3.05, 3.63) is 0 Å². The van der Waals surface area contributed by atoms with E-state index in [1.54, 1.807) is 0 Å². The second-order valence-electron chi connectivity index (χ2n) is 4.29. The van der Waals surface area contributed by atoms with E-state index in [0.717, 1.165) is 12.5 Å². The lowest BCUT2D eigenvalue weighted by Gasteiger charge is -2.16. The molecule has 0 fully saturated rings. The molecule has 0 amide bonds. The van der Waals surface area contributed by atoms with Crippen LogP contribution < -0.4 is 0 Å². The summed E-state index contributed by atoms with van der Waals surface area (Å²) in [5, 5.41) is 0. The van der Waals surface area contributed by atoms with Crippen molar-refractivity contribution in [3.8, 4) is 0 Å². The van der Waals surface area contributed by atoms with E-state index in [9.17, 15) is 0 Å². The first-order chi connectivity index (χ1) is 5.72. The normalized spacial score (nSPS) is 10.8. The van der Waals surface area contributed by atoms with Crippen LogP contribution >= 0.6 is 0 Å². The number of hydrogen-bond acceptors (Lipinski definition) is 0. The van der Waals surface area contributed by atoms with Crippen LogP contribution in [0, 0.1) is 0 Å². The Morgan fingerprint density at radius 2 is 1.33 bits per heavy atom. The summed E-state index contributed by atoms with van der Waals surface area (Å²) in [5.74, 6) is 0.892. The third-order valence-electron chi connectivity index (χ3n) is 2.80. The Balaban J connectivity index is 3.55. The summed E-state index contributed by atoms with van der Waals surface area (Å²) in [6, 6.07) is 0. The average molecular weight is 168 g/mol. The standard InChI is InChI=1S/C11H25B/c1-5-7-9-12(11(3)4)10-8-6-2/h11H,5-10H2,1-4H3. The van der Waals surface area contributed by atoms with Gasteiger partial charge in [0.05, 0.1) is 0 Å². The van der Waals surface area contributed by atoms with Crippen molar-refractivity contribution < 1.29 is 0 Å². The molecule has 0 bridgehead atoms. The molecule has 0 saturated heterocycles. The molecule has 72 valence electrons. The quantitative estimate of drug-likeness (QED) is 0.491. The first-order valence-corrected chi connectivity index (χ1v) is 5.72. The molecule has 0 radical (unpaired) electrons. The van der Waals surface area contributed by atoms with Crippen molar-refractivity contribution in [2.75, 3.05) is 0 Å². The van der Waals surface area contributed by atoms with E-state index in [1.165, 1.54) is 38.3 Å². The van der Waals surface area contributed by atoms with Crippen LogP contribution in [0.1, 0.15) is 53.4 Å². The minimum Gasteiger partial charge on any atom is -0.0740 e. The summed E-state index contributed by atoms with van der Waals surface area (Å²) in [7, 11) is 0. The van der Waals surface area contributed by atoms with Gasteiger partial charge >= 0.3 is 0 Å². The van der Waals surface area contributed by atoms with Gasteiger partial charge < -0.3 is 0 Å². The van der Waals surface area contributed by atoms with Crippen LogP contribution in [-0.2, 0) is 0 Å². The van der Waals surface area contributed by atoms with Gasteiger partial charge in [-0.1, -0.05) is 71.8 Å². The van der Waals surface area contributed by atoms with Crippen molar-refractivity contribution in [2.45, 2.75) is 71.8 Å². The highest BCUT2D eigenvalue weighted by atomic mass is 13.9. The Kier molecular flexibility index (Phi) is 7.74. The van der Waals surface area contributed by atoms with E-state index < -0.39 is 0 Å². The van der Waals surface area contributed by atoms with E-state index in [0.29, 0.717) is 0 Å². The largest absolute Gasteiger partial charge is 0.142 e. The van der Waals surface area contributed by atoms with Crippen LogP contribution in [0.25, 0.3) is 0 Å². The lowest BCUT2D eigenvalue weighted by atomic mass is 9.37. The Hall–Kier alpha value is 0.0649. The fourth-order valence-electron chi connectivity index (χ4n) is 1.74. The molecular formula is C11H25B. The highest BCUT2D eigenvalue weighted by Gasteiger charge is 2.15. The van der Waals surface area contributed by atoms with Crippen LogP contribution in [0.3, 0.4) is 0 Å². The van der Waals surface area contributed by atoms with E-state index in [4.69, 9.17) is 0 Å². The monoisotopic (exact) mass is 168 g/mol. The SMILES string of the molecule is CCCCB(CCCC)C(C)C. The second-order valence-corrected chi connectivity index (χ2v) is 4.29. The summed E-state index contributed by atoms with van der Waals surface area (Å²) in [6.45, 7) is 10.3. The van der Waals surface area contributed by atoms with E-state index in [1.807, 2.05) is 0 Å². The molecule has 12 heavy (non-hydrogen) atoms.